The van der Waals surface area contributed by atoms with Crippen LogP contribution in [0.25, 0.3) is 10.9 Å². The number of nitrogen functional groups attached to an aromatic ring is 1. The van der Waals surface area contributed by atoms with Crippen molar-refractivity contribution in [2.45, 2.75) is 6.54 Å². The maximum absolute atomic E-state index is 5.63. The predicted octanol–water partition coefficient (Wildman–Crippen LogP) is 2.06. The highest BCUT2D eigenvalue weighted by Gasteiger charge is 1.99. The van der Waals surface area contributed by atoms with E-state index in [4.69, 9.17) is 5.73 Å². The second kappa shape index (κ2) is 3.90. The predicted molar refractivity (Wildman–Crippen MR) is 67.5 cm³/mol. The van der Waals surface area contributed by atoms with Crippen LogP contribution in [-0.2, 0) is 6.54 Å². The van der Waals surface area contributed by atoms with E-state index in [-0.39, 0.29) is 0 Å². The average Bonchev–Trinajstić information content (AvgIpc) is 2.75. The van der Waals surface area contributed by atoms with Gasteiger partial charge in [0.15, 0.2) is 0 Å². The summed E-state index contributed by atoms with van der Waals surface area (Å²) in [6.07, 6.45) is 5.28. The van der Waals surface area contributed by atoms with Gasteiger partial charge in [-0.15, -0.1) is 0 Å². The zero-order valence-corrected chi connectivity index (χ0v) is 9.24. The van der Waals surface area contributed by atoms with Crippen molar-refractivity contribution in [3.8, 4) is 0 Å². The lowest BCUT2D eigenvalue weighted by Gasteiger charge is -2.03. The quantitative estimate of drug-likeness (QED) is 0.724. The maximum Gasteiger partial charge on any atom is 0.0719 e. The van der Waals surface area contributed by atoms with E-state index in [0.717, 1.165) is 17.4 Å². The number of nitrogens with zero attached hydrogens (tertiary/aromatic N) is 3. The number of pyridine rings is 1. The van der Waals surface area contributed by atoms with Gasteiger partial charge >= 0.3 is 0 Å². The van der Waals surface area contributed by atoms with Crippen LogP contribution in [0.1, 0.15) is 5.56 Å². The number of hydrogen-bond donors (Lipinski definition) is 1. The van der Waals surface area contributed by atoms with Crippen LogP contribution in [0.2, 0.25) is 0 Å². The monoisotopic (exact) mass is 224 g/mol. The summed E-state index contributed by atoms with van der Waals surface area (Å²) in [6, 6.07) is 10.2. The minimum Gasteiger partial charge on any atom is -0.396 e. The first-order valence-corrected chi connectivity index (χ1v) is 5.43. The van der Waals surface area contributed by atoms with Crippen LogP contribution in [-0.4, -0.2) is 14.8 Å². The molecule has 3 aromatic rings. The van der Waals surface area contributed by atoms with Crippen molar-refractivity contribution in [3.05, 3.63) is 54.5 Å². The molecule has 0 aliphatic heterocycles. The summed E-state index contributed by atoms with van der Waals surface area (Å²) in [4.78, 5) is 4.29. The van der Waals surface area contributed by atoms with Gasteiger partial charge < -0.3 is 5.73 Å². The second-order valence-corrected chi connectivity index (χ2v) is 4.00. The lowest BCUT2D eigenvalue weighted by molar-refractivity contribution is 0.687. The van der Waals surface area contributed by atoms with Gasteiger partial charge in [-0.1, -0.05) is 12.1 Å². The molecule has 0 amide bonds. The van der Waals surface area contributed by atoms with Crippen LogP contribution in [0.4, 0.5) is 5.69 Å². The molecular weight excluding hydrogens is 212 g/mol. The Morgan fingerprint density at radius 2 is 2.18 bits per heavy atom. The topological polar surface area (TPSA) is 56.7 Å². The Bertz CT molecular complexity index is 657. The normalized spacial score (nSPS) is 10.8. The van der Waals surface area contributed by atoms with Crippen molar-refractivity contribution in [2.75, 3.05) is 5.73 Å². The van der Waals surface area contributed by atoms with Crippen LogP contribution >= 0.6 is 0 Å². The summed E-state index contributed by atoms with van der Waals surface area (Å²) in [5, 5.41) is 5.31. The van der Waals surface area contributed by atoms with Crippen LogP contribution in [0, 0.1) is 0 Å². The molecule has 0 unspecified atom stereocenters. The van der Waals surface area contributed by atoms with E-state index in [2.05, 4.69) is 28.3 Å². The van der Waals surface area contributed by atoms with Gasteiger partial charge in [-0.3, -0.25) is 9.67 Å². The van der Waals surface area contributed by atoms with Crippen LogP contribution in [0.15, 0.2) is 48.9 Å². The Hall–Kier alpha value is -2.36. The second-order valence-electron chi connectivity index (χ2n) is 4.00. The maximum atomic E-state index is 5.63. The summed E-state index contributed by atoms with van der Waals surface area (Å²) in [7, 11) is 0. The van der Waals surface area contributed by atoms with Gasteiger partial charge in [0.1, 0.15) is 0 Å². The fourth-order valence-corrected chi connectivity index (χ4v) is 1.88. The highest BCUT2D eigenvalue weighted by atomic mass is 15.3. The molecule has 2 heterocycles. The van der Waals surface area contributed by atoms with Crippen molar-refractivity contribution in [3.63, 3.8) is 0 Å². The molecule has 4 heteroatoms. The first kappa shape index (κ1) is 9.84. The smallest absolute Gasteiger partial charge is 0.0719 e. The molecule has 3 rings (SSSR count). The van der Waals surface area contributed by atoms with E-state index >= 15 is 0 Å². The molecule has 0 radical (unpaired) electrons. The minimum absolute atomic E-state index is 0.687. The van der Waals surface area contributed by atoms with Crippen molar-refractivity contribution in [1.82, 2.24) is 14.8 Å². The highest BCUT2D eigenvalue weighted by molar-refractivity contribution is 5.78. The van der Waals surface area contributed by atoms with Crippen molar-refractivity contribution < 1.29 is 0 Å². The van der Waals surface area contributed by atoms with Gasteiger partial charge in [-0.25, -0.2) is 0 Å². The van der Waals surface area contributed by atoms with Gasteiger partial charge in [0.05, 0.1) is 23.9 Å². The molecule has 0 aliphatic carbocycles. The Morgan fingerprint density at radius 1 is 1.24 bits per heavy atom. The molecule has 0 spiro atoms. The third-order valence-electron chi connectivity index (χ3n) is 2.67. The van der Waals surface area contributed by atoms with Crippen LogP contribution in [0.5, 0.6) is 0 Å². The SMILES string of the molecule is Nc1cnn(Cc2ccc3ncccc3c2)c1. The van der Waals surface area contributed by atoms with Crippen LogP contribution in [0.3, 0.4) is 0 Å². The van der Waals surface area contributed by atoms with Gasteiger partial charge in [-0.2, -0.15) is 5.10 Å². The zero-order chi connectivity index (χ0) is 11.7. The number of nitrogens with two attached hydrogens (primary N) is 1. The molecule has 2 N–H and O–H groups in total. The number of rotatable bonds is 2. The fourth-order valence-electron chi connectivity index (χ4n) is 1.88. The van der Waals surface area contributed by atoms with E-state index in [1.807, 2.05) is 23.0 Å². The first-order valence-electron chi connectivity index (χ1n) is 5.43. The van der Waals surface area contributed by atoms with E-state index in [9.17, 15) is 0 Å². The molecule has 2 aromatic heterocycles. The summed E-state index contributed by atoms with van der Waals surface area (Å²) in [6.45, 7) is 0.724. The molecule has 0 bridgehead atoms. The minimum atomic E-state index is 0.687. The number of aromatic nitrogens is 3. The van der Waals surface area contributed by atoms with Crippen molar-refractivity contribution >= 4 is 16.6 Å². The molecule has 0 saturated carbocycles. The fraction of sp³-hybridized carbons (Fsp3) is 0.0769. The number of hydrogen-bond acceptors (Lipinski definition) is 3. The molecule has 4 nitrogen and oxygen atoms in total. The summed E-state index contributed by atoms with van der Waals surface area (Å²) >= 11 is 0. The van der Waals surface area contributed by atoms with E-state index < -0.39 is 0 Å². The van der Waals surface area contributed by atoms with Gasteiger partial charge in [0.25, 0.3) is 0 Å². The third-order valence-corrected chi connectivity index (χ3v) is 2.67. The molecule has 0 atom stereocenters. The molecule has 84 valence electrons. The molecular formula is C13H12N4. The number of fused-ring (bicyclic) bond motifs is 1. The largest absolute Gasteiger partial charge is 0.396 e. The number of benzene rings is 1. The number of anilines is 1. The van der Waals surface area contributed by atoms with Crippen LogP contribution < -0.4 is 5.73 Å². The highest BCUT2D eigenvalue weighted by Crippen LogP contribution is 2.14. The lowest BCUT2D eigenvalue weighted by atomic mass is 10.1. The Morgan fingerprint density at radius 3 is 3.00 bits per heavy atom. The van der Waals surface area contributed by atoms with E-state index in [1.165, 1.54) is 5.56 Å². The third kappa shape index (κ3) is 1.97. The Balaban J connectivity index is 1.95. The van der Waals surface area contributed by atoms with Crippen molar-refractivity contribution in [1.29, 1.82) is 0 Å². The van der Waals surface area contributed by atoms with Gasteiger partial charge in [0, 0.05) is 17.8 Å². The van der Waals surface area contributed by atoms with E-state index in [0.29, 0.717) is 5.69 Å². The summed E-state index contributed by atoms with van der Waals surface area (Å²) < 4.78 is 1.83. The standard InChI is InChI=1S/C13H12N4/c14-12-7-16-17(9-12)8-10-3-4-13-11(6-10)2-1-5-15-13/h1-7,9H,8,14H2. The molecule has 1 aromatic carbocycles. The molecule has 0 fully saturated rings. The first-order chi connectivity index (χ1) is 8.31. The Labute approximate surface area is 98.7 Å². The Kier molecular flexibility index (Phi) is 2.26. The van der Waals surface area contributed by atoms with E-state index in [1.54, 1.807) is 12.4 Å². The van der Waals surface area contributed by atoms with Crippen molar-refractivity contribution in [2.24, 2.45) is 0 Å². The lowest BCUT2D eigenvalue weighted by Crippen LogP contribution is -1.99. The molecule has 17 heavy (non-hydrogen) atoms. The van der Waals surface area contributed by atoms with Gasteiger partial charge in [0.2, 0.25) is 0 Å². The summed E-state index contributed by atoms with van der Waals surface area (Å²) in [5.41, 5.74) is 8.52. The molecule has 0 saturated heterocycles. The van der Waals surface area contributed by atoms with Gasteiger partial charge in [-0.05, 0) is 23.8 Å². The average molecular weight is 224 g/mol. The molecule has 0 aliphatic rings. The zero-order valence-electron chi connectivity index (χ0n) is 9.24. The summed E-state index contributed by atoms with van der Waals surface area (Å²) in [5.74, 6) is 0.